The Hall–Kier alpha value is -2.10. The van der Waals surface area contributed by atoms with E-state index in [4.69, 9.17) is 0 Å². The molecule has 0 radical (unpaired) electrons. The molecule has 2 heterocycles. The number of aliphatic imine (C=N–C) groups is 1. The number of carbonyl (C=O) groups excluding carboxylic acids is 1. The molecule has 164 valence electrons. The molecular weight excluding hydrogens is 491 g/mol. The highest BCUT2D eigenvalue weighted by atomic mass is 127. The summed E-state index contributed by atoms with van der Waals surface area (Å²) in [7, 11) is 3.53. The van der Waals surface area contributed by atoms with Crippen molar-refractivity contribution in [2.24, 2.45) is 10.9 Å². The van der Waals surface area contributed by atoms with E-state index in [-0.39, 0.29) is 29.9 Å². The van der Waals surface area contributed by atoms with E-state index in [1.807, 2.05) is 25.5 Å². The van der Waals surface area contributed by atoms with Gasteiger partial charge in [-0.2, -0.15) is 0 Å². The Labute approximate surface area is 196 Å². The topological polar surface area (TPSA) is 74.5 Å². The van der Waals surface area contributed by atoms with Crippen LogP contribution >= 0.6 is 24.0 Å². The molecule has 0 aliphatic carbocycles. The number of piperidine rings is 1. The van der Waals surface area contributed by atoms with E-state index in [9.17, 15) is 4.79 Å². The minimum absolute atomic E-state index is 0. The van der Waals surface area contributed by atoms with Crippen LogP contribution in [0.5, 0.6) is 0 Å². The van der Waals surface area contributed by atoms with Gasteiger partial charge in [0.05, 0.1) is 0 Å². The second-order valence-corrected chi connectivity index (χ2v) is 7.49. The van der Waals surface area contributed by atoms with Crippen LogP contribution in [-0.2, 0) is 17.8 Å². The molecule has 1 saturated heterocycles. The Balaban J connectivity index is 0.00000320. The predicted molar refractivity (Wildman–Crippen MR) is 131 cm³/mol. The van der Waals surface area contributed by atoms with Crippen LogP contribution in [0.1, 0.15) is 30.7 Å². The first-order valence-corrected chi connectivity index (χ1v) is 10.4. The third-order valence-corrected chi connectivity index (χ3v) is 5.51. The van der Waals surface area contributed by atoms with Crippen LogP contribution in [0.25, 0.3) is 0 Å². The number of halogens is 1. The van der Waals surface area contributed by atoms with Gasteiger partial charge in [0, 0.05) is 65.5 Å². The van der Waals surface area contributed by atoms with Crippen LogP contribution in [0.3, 0.4) is 0 Å². The van der Waals surface area contributed by atoms with E-state index >= 15 is 0 Å². The summed E-state index contributed by atoms with van der Waals surface area (Å²) in [4.78, 5) is 22.8. The number of hydrogen-bond donors (Lipinski definition) is 2. The highest BCUT2D eigenvalue weighted by Crippen LogP contribution is 2.20. The fourth-order valence-electron chi connectivity index (χ4n) is 3.82. The first-order chi connectivity index (χ1) is 14.2. The fraction of sp³-hybridized carbons (Fsp3) is 0.500. The van der Waals surface area contributed by atoms with Crippen molar-refractivity contribution in [3.05, 3.63) is 54.1 Å². The van der Waals surface area contributed by atoms with Gasteiger partial charge >= 0.3 is 0 Å². The van der Waals surface area contributed by atoms with Gasteiger partial charge in [-0.1, -0.05) is 30.3 Å². The van der Waals surface area contributed by atoms with Gasteiger partial charge in [0.15, 0.2) is 5.96 Å². The number of nitrogens with zero attached hydrogens (tertiary/aromatic N) is 4. The summed E-state index contributed by atoms with van der Waals surface area (Å²) in [6, 6.07) is 10.4. The number of aromatic nitrogens is 2. The van der Waals surface area contributed by atoms with E-state index < -0.39 is 0 Å². The molecule has 8 heteroatoms. The van der Waals surface area contributed by atoms with Gasteiger partial charge in [0.2, 0.25) is 5.91 Å². The highest BCUT2D eigenvalue weighted by Gasteiger charge is 2.23. The smallest absolute Gasteiger partial charge is 0.220 e. The Kier molecular flexibility index (Phi) is 10.1. The molecule has 30 heavy (non-hydrogen) atoms. The van der Waals surface area contributed by atoms with Crippen molar-refractivity contribution in [1.29, 1.82) is 0 Å². The zero-order chi connectivity index (χ0) is 20.5. The maximum atomic E-state index is 11.6. The van der Waals surface area contributed by atoms with Crippen LogP contribution in [-0.4, -0.2) is 60.0 Å². The maximum Gasteiger partial charge on any atom is 0.220 e. The predicted octanol–water partition coefficient (Wildman–Crippen LogP) is 2.52. The monoisotopic (exact) mass is 524 g/mol. The minimum atomic E-state index is 0. The van der Waals surface area contributed by atoms with Crippen molar-refractivity contribution in [1.82, 2.24) is 25.1 Å². The van der Waals surface area contributed by atoms with E-state index in [0.717, 1.165) is 57.2 Å². The Morgan fingerprint density at radius 2 is 1.97 bits per heavy atom. The second kappa shape index (κ2) is 12.6. The zero-order valence-corrected chi connectivity index (χ0v) is 20.2. The molecule has 2 aromatic rings. The molecule has 2 N–H and O–H groups in total. The average Bonchev–Trinajstić information content (AvgIpc) is 3.19. The lowest BCUT2D eigenvalue weighted by molar-refractivity contribution is -0.121. The second-order valence-electron chi connectivity index (χ2n) is 7.49. The van der Waals surface area contributed by atoms with Gasteiger partial charge in [0.1, 0.15) is 5.82 Å². The van der Waals surface area contributed by atoms with Crippen LogP contribution in [0.2, 0.25) is 0 Å². The number of imidazole rings is 1. The number of guanidine groups is 1. The first kappa shape index (κ1) is 24.2. The molecule has 1 aromatic carbocycles. The van der Waals surface area contributed by atoms with Gasteiger partial charge in [-0.25, -0.2) is 4.98 Å². The van der Waals surface area contributed by atoms with Gasteiger partial charge in [-0.3, -0.25) is 9.79 Å². The lowest BCUT2D eigenvalue weighted by Crippen LogP contribution is -2.46. The molecule has 0 saturated carbocycles. The molecule has 0 spiro atoms. The average molecular weight is 524 g/mol. The maximum absolute atomic E-state index is 11.6. The fourth-order valence-corrected chi connectivity index (χ4v) is 3.82. The quantitative estimate of drug-likeness (QED) is 0.332. The highest BCUT2D eigenvalue weighted by molar-refractivity contribution is 14.0. The molecule has 0 bridgehead atoms. The molecule has 0 unspecified atom stereocenters. The van der Waals surface area contributed by atoms with Crippen molar-refractivity contribution in [2.75, 3.05) is 33.7 Å². The summed E-state index contributed by atoms with van der Waals surface area (Å²) in [5.74, 6) is 2.61. The first-order valence-electron chi connectivity index (χ1n) is 10.4. The molecule has 1 aliphatic heterocycles. The number of benzene rings is 1. The van der Waals surface area contributed by atoms with Crippen molar-refractivity contribution in [3.63, 3.8) is 0 Å². The van der Waals surface area contributed by atoms with Crippen molar-refractivity contribution < 1.29 is 4.79 Å². The molecule has 1 amide bonds. The minimum Gasteiger partial charge on any atom is -0.359 e. The van der Waals surface area contributed by atoms with Crippen molar-refractivity contribution in [3.8, 4) is 0 Å². The van der Waals surface area contributed by atoms with Gasteiger partial charge in [0.25, 0.3) is 0 Å². The van der Waals surface area contributed by atoms with Crippen LogP contribution in [0.4, 0.5) is 0 Å². The molecule has 3 rings (SSSR count). The molecule has 1 aliphatic rings. The van der Waals surface area contributed by atoms with Crippen molar-refractivity contribution in [2.45, 2.75) is 32.2 Å². The summed E-state index contributed by atoms with van der Waals surface area (Å²) >= 11 is 0. The number of rotatable bonds is 7. The van der Waals surface area contributed by atoms with Crippen molar-refractivity contribution >= 4 is 35.8 Å². The Morgan fingerprint density at radius 1 is 1.23 bits per heavy atom. The third kappa shape index (κ3) is 7.00. The van der Waals surface area contributed by atoms with E-state index in [1.165, 1.54) is 5.56 Å². The SMILES string of the molecule is CN=C(NCCc1nccn1Cc1ccccc1)N1CCC(CC(=O)NC)CC1.I. The Morgan fingerprint density at radius 3 is 2.63 bits per heavy atom. The van der Waals surface area contributed by atoms with E-state index in [2.05, 4.69) is 54.3 Å². The van der Waals surface area contributed by atoms with Gasteiger partial charge in [-0.15, -0.1) is 24.0 Å². The number of likely N-dealkylation sites (tertiary alicyclic amines) is 1. The molecule has 7 nitrogen and oxygen atoms in total. The summed E-state index contributed by atoms with van der Waals surface area (Å²) in [6.07, 6.45) is 7.41. The summed E-state index contributed by atoms with van der Waals surface area (Å²) < 4.78 is 2.20. The van der Waals surface area contributed by atoms with Gasteiger partial charge < -0.3 is 20.1 Å². The van der Waals surface area contributed by atoms with E-state index in [1.54, 1.807) is 7.05 Å². The standard InChI is InChI=1S/C22H32N6O.HI/c1-23-21(29)16-18-9-13-27(14-10-18)22(24-2)26-11-8-20-25-12-15-28(20)17-19-6-4-3-5-7-19;/h3-7,12,15,18H,8-11,13-14,16-17H2,1-2H3,(H,23,29)(H,24,26);1H. The lowest BCUT2D eigenvalue weighted by Gasteiger charge is -2.34. The molecule has 1 fully saturated rings. The summed E-state index contributed by atoms with van der Waals surface area (Å²) in [5, 5.41) is 6.20. The van der Waals surface area contributed by atoms with Gasteiger partial charge in [-0.05, 0) is 24.3 Å². The number of amides is 1. The summed E-state index contributed by atoms with van der Waals surface area (Å²) in [5.41, 5.74) is 1.27. The Bertz CT molecular complexity index is 799. The normalized spacial score (nSPS) is 14.9. The number of nitrogens with one attached hydrogen (secondary N) is 2. The molecule has 1 aromatic heterocycles. The zero-order valence-electron chi connectivity index (χ0n) is 17.9. The molecule has 0 atom stereocenters. The number of hydrogen-bond acceptors (Lipinski definition) is 3. The molecular formula is C22H33IN6O. The lowest BCUT2D eigenvalue weighted by atomic mass is 9.93. The largest absolute Gasteiger partial charge is 0.359 e. The van der Waals surface area contributed by atoms with Crippen LogP contribution in [0.15, 0.2) is 47.7 Å². The van der Waals surface area contributed by atoms with Crippen LogP contribution in [0, 0.1) is 5.92 Å². The number of carbonyl (C=O) groups is 1. The van der Waals surface area contributed by atoms with Crippen LogP contribution < -0.4 is 10.6 Å². The van der Waals surface area contributed by atoms with E-state index in [0.29, 0.717) is 12.3 Å². The third-order valence-electron chi connectivity index (χ3n) is 5.51. The summed E-state index contributed by atoms with van der Waals surface area (Å²) in [6.45, 7) is 3.49.